The van der Waals surface area contributed by atoms with Crippen molar-refractivity contribution in [2.75, 3.05) is 19.8 Å². The van der Waals surface area contributed by atoms with Gasteiger partial charge in [-0.15, -0.1) is 0 Å². The van der Waals surface area contributed by atoms with Crippen molar-refractivity contribution in [3.63, 3.8) is 0 Å². The molecule has 4 heteroatoms. The van der Waals surface area contributed by atoms with Crippen LogP contribution in [0.2, 0.25) is 0 Å². The van der Waals surface area contributed by atoms with Gasteiger partial charge in [-0.1, -0.05) is 13.8 Å². The average Bonchev–Trinajstić information content (AvgIpc) is 2.26. The van der Waals surface area contributed by atoms with Gasteiger partial charge in [-0.3, -0.25) is 4.79 Å². The summed E-state index contributed by atoms with van der Waals surface area (Å²) in [4.78, 5) is 11.4. The van der Waals surface area contributed by atoms with Gasteiger partial charge in [-0.05, 0) is 19.3 Å². The Labute approximate surface area is 103 Å². The molecular formula is C13H23FO3. The van der Waals surface area contributed by atoms with E-state index in [0.29, 0.717) is 32.2 Å². The number of carbonyl (C=O) groups excluding carboxylic acids is 1. The van der Waals surface area contributed by atoms with Crippen LogP contribution < -0.4 is 0 Å². The number of ether oxygens (including phenoxy) is 2. The van der Waals surface area contributed by atoms with Crippen LogP contribution in [0.15, 0.2) is 0 Å². The van der Waals surface area contributed by atoms with E-state index in [1.165, 1.54) is 0 Å². The van der Waals surface area contributed by atoms with E-state index in [1.807, 2.05) is 13.8 Å². The highest BCUT2D eigenvalue weighted by Crippen LogP contribution is 2.29. The minimum absolute atomic E-state index is 0.151. The van der Waals surface area contributed by atoms with Gasteiger partial charge < -0.3 is 9.47 Å². The topological polar surface area (TPSA) is 35.5 Å². The second kappa shape index (κ2) is 6.94. The summed E-state index contributed by atoms with van der Waals surface area (Å²) in [5, 5.41) is 0. The van der Waals surface area contributed by atoms with Crippen molar-refractivity contribution in [2.24, 2.45) is 17.8 Å². The predicted octanol–water partition coefficient (Wildman–Crippen LogP) is 2.59. The molecule has 1 heterocycles. The summed E-state index contributed by atoms with van der Waals surface area (Å²) in [7, 11) is 0. The molecule has 0 aromatic heterocycles. The molecule has 0 aromatic carbocycles. The highest BCUT2D eigenvalue weighted by atomic mass is 19.1. The van der Waals surface area contributed by atoms with Crippen LogP contribution in [0, 0.1) is 17.8 Å². The number of hydrogen-bond donors (Lipinski definition) is 0. The fourth-order valence-electron chi connectivity index (χ4n) is 2.36. The van der Waals surface area contributed by atoms with Gasteiger partial charge in [0, 0.05) is 18.4 Å². The summed E-state index contributed by atoms with van der Waals surface area (Å²) in [6, 6.07) is 0. The molecule has 1 aliphatic rings. The van der Waals surface area contributed by atoms with E-state index < -0.39 is 6.17 Å². The second-order valence-corrected chi connectivity index (χ2v) is 5.07. The van der Waals surface area contributed by atoms with Crippen LogP contribution in [0.3, 0.4) is 0 Å². The normalized spacial score (nSPS) is 34.8. The molecule has 0 saturated carbocycles. The maximum absolute atomic E-state index is 14.2. The first-order valence-electron chi connectivity index (χ1n) is 6.42. The summed E-state index contributed by atoms with van der Waals surface area (Å²) >= 11 is 0. The van der Waals surface area contributed by atoms with Gasteiger partial charge in [0.25, 0.3) is 0 Å². The van der Waals surface area contributed by atoms with Crippen molar-refractivity contribution in [1.82, 2.24) is 0 Å². The lowest BCUT2D eigenvalue weighted by molar-refractivity contribution is -0.145. The summed E-state index contributed by atoms with van der Waals surface area (Å²) < 4.78 is 24.5. The van der Waals surface area contributed by atoms with Crippen LogP contribution in [0.25, 0.3) is 0 Å². The summed E-state index contributed by atoms with van der Waals surface area (Å²) in [6.07, 6.45) is -0.115. The molecule has 0 aromatic rings. The molecule has 1 rings (SSSR count). The van der Waals surface area contributed by atoms with E-state index in [2.05, 4.69) is 0 Å². The Morgan fingerprint density at radius 3 is 2.76 bits per heavy atom. The Kier molecular flexibility index (Phi) is 5.89. The van der Waals surface area contributed by atoms with Crippen LogP contribution in [0.4, 0.5) is 4.39 Å². The number of carbonyl (C=O) groups is 1. The predicted molar refractivity (Wildman–Crippen MR) is 63.4 cm³/mol. The molecule has 0 N–H and O–H groups in total. The van der Waals surface area contributed by atoms with E-state index in [1.54, 1.807) is 6.92 Å². The number of hydrogen-bond acceptors (Lipinski definition) is 3. The van der Waals surface area contributed by atoms with E-state index in [9.17, 15) is 9.18 Å². The molecular weight excluding hydrogens is 223 g/mol. The first-order valence-corrected chi connectivity index (χ1v) is 6.42. The molecule has 0 amide bonds. The van der Waals surface area contributed by atoms with Crippen molar-refractivity contribution in [3.8, 4) is 0 Å². The van der Waals surface area contributed by atoms with Crippen molar-refractivity contribution in [2.45, 2.75) is 39.8 Å². The standard InChI is InChI=1S/C13H23FO3/c1-4-17-12(15)6-11-5-9(2)7-16-8-10(3)13(11)14/h9-11,13H,4-8H2,1-3H3/t9?,10?,11-,13?/m1/s1. The minimum atomic E-state index is -0.984. The fraction of sp³-hybridized carbons (Fsp3) is 0.923. The minimum Gasteiger partial charge on any atom is -0.466 e. The molecule has 1 aliphatic heterocycles. The Bertz CT molecular complexity index is 245. The van der Waals surface area contributed by atoms with Crippen LogP contribution in [-0.2, 0) is 14.3 Å². The van der Waals surface area contributed by atoms with Gasteiger partial charge in [-0.2, -0.15) is 0 Å². The van der Waals surface area contributed by atoms with Gasteiger partial charge in [-0.25, -0.2) is 4.39 Å². The maximum atomic E-state index is 14.2. The molecule has 3 unspecified atom stereocenters. The zero-order chi connectivity index (χ0) is 12.8. The molecule has 4 atom stereocenters. The lowest BCUT2D eigenvalue weighted by Crippen LogP contribution is -2.33. The molecule has 0 aliphatic carbocycles. The molecule has 17 heavy (non-hydrogen) atoms. The van der Waals surface area contributed by atoms with Crippen molar-refractivity contribution >= 4 is 5.97 Å². The van der Waals surface area contributed by atoms with Gasteiger partial charge in [0.15, 0.2) is 0 Å². The quantitative estimate of drug-likeness (QED) is 0.718. The van der Waals surface area contributed by atoms with Crippen LogP contribution >= 0.6 is 0 Å². The van der Waals surface area contributed by atoms with Crippen molar-refractivity contribution < 1.29 is 18.7 Å². The molecule has 3 nitrogen and oxygen atoms in total. The first kappa shape index (κ1) is 14.4. The summed E-state index contributed by atoms with van der Waals surface area (Å²) in [6.45, 7) is 7.07. The third kappa shape index (κ3) is 4.62. The SMILES string of the molecule is CCOC(=O)C[C@H]1CC(C)COCC(C)C1F. The monoisotopic (exact) mass is 246 g/mol. The van der Waals surface area contributed by atoms with E-state index in [0.717, 1.165) is 0 Å². The molecule has 0 spiro atoms. The summed E-state index contributed by atoms with van der Waals surface area (Å²) in [5.41, 5.74) is 0. The summed E-state index contributed by atoms with van der Waals surface area (Å²) in [5.74, 6) is -0.383. The van der Waals surface area contributed by atoms with Crippen LogP contribution in [0.5, 0.6) is 0 Å². The smallest absolute Gasteiger partial charge is 0.306 e. The average molecular weight is 246 g/mol. The van der Waals surface area contributed by atoms with E-state index in [4.69, 9.17) is 9.47 Å². The Morgan fingerprint density at radius 2 is 2.12 bits per heavy atom. The number of alkyl halides is 1. The Morgan fingerprint density at radius 1 is 1.41 bits per heavy atom. The maximum Gasteiger partial charge on any atom is 0.306 e. The number of esters is 1. The van der Waals surface area contributed by atoms with E-state index in [-0.39, 0.29) is 24.2 Å². The third-order valence-electron chi connectivity index (χ3n) is 3.22. The van der Waals surface area contributed by atoms with Gasteiger partial charge in [0.05, 0.1) is 19.6 Å². The number of halogens is 1. The third-order valence-corrected chi connectivity index (χ3v) is 3.22. The first-order chi connectivity index (χ1) is 8.04. The Hall–Kier alpha value is -0.640. The Balaban J connectivity index is 2.59. The molecule has 0 radical (unpaired) electrons. The van der Waals surface area contributed by atoms with Gasteiger partial charge in [0.1, 0.15) is 6.17 Å². The number of rotatable bonds is 3. The molecule has 1 fully saturated rings. The highest BCUT2D eigenvalue weighted by Gasteiger charge is 2.32. The van der Waals surface area contributed by atoms with Crippen molar-refractivity contribution in [3.05, 3.63) is 0 Å². The highest BCUT2D eigenvalue weighted by molar-refractivity contribution is 5.69. The second-order valence-electron chi connectivity index (χ2n) is 5.07. The van der Waals surface area contributed by atoms with Crippen LogP contribution in [-0.4, -0.2) is 32.0 Å². The fourth-order valence-corrected chi connectivity index (χ4v) is 2.36. The van der Waals surface area contributed by atoms with Gasteiger partial charge >= 0.3 is 5.97 Å². The largest absolute Gasteiger partial charge is 0.466 e. The zero-order valence-electron chi connectivity index (χ0n) is 10.9. The molecule has 100 valence electrons. The zero-order valence-corrected chi connectivity index (χ0v) is 10.9. The van der Waals surface area contributed by atoms with Crippen molar-refractivity contribution in [1.29, 1.82) is 0 Å². The molecule has 1 saturated heterocycles. The van der Waals surface area contributed by atoms with E-state index >= 15 is 0 Å². The molecule has 0 bridgehead atoms. The van der Waals surface area contributed by atoms with Gasteiger partial charge in [0.2, 0.25) is 0 Å². The lowest BCUT2D eigenvalue weighted by atomic mass is 9.84. The lowest BCUT2D eigenvalue weighted by Gasteiger charge is -2.30. The van der Waals surface area contributed by atoms with Crippen LogP contribution in [0.1, 0.15) is 33.6 Å².